The van der Waals surface area contributed by atoms with Crippen molar-refractivity contribution in [2.45, 2.75) is 0 Å². The number of halogens is 1. The van der Waals surface area contributed by atoms with Crippen molar-refractivity contribution >= 4 is 23.6 Å². The second kappa shape index (κ2) is 4.47. The zero-order valence-electron chi connectivity index (χ0n) is 6.57. The number of benzene rings is 1. The van der Waals surface area contributed by atoms with E-state index >= 15 is 0 Å². The molecule has 0 fully saturated rings. The van der Waals surface area contributed by atoms with Crippen molar-refractivity contribution < 1.29 is 10.0 Å². The van der Waals surface area contributed by atoms with E-state index < -0.39 is 0 Å². The van der Waals surface area contributed by atoms with Crippen molar-refractivity contribution in [1.82, 2.24) is 0 Å². The van der Waals surface area contributed by atoms with Crippen LogP contribution in [0.15, 0.2) is 29.4 Å². The third-order valence-corrected chi connectivity index (χ3v) is 1.62. The fraction of sp³-hybridized carbons (Fsp3) is 0. The molecule has 0 aliphatic carbocycles. The molecular formula is C8H6ClN3O. The van der Waals surface area contributed by atoms with Gasteiger partial charge < -0.3 is 0 Å². The zero-order chi connectivity index (χ0) is 9.68. The lowest BCUT2D eigenvalue weighted by Gasteiger charge is -1.94. The summed E-state index contributed by atoms with van der Waals surface area (Å²) >= 11 is 5.62. The van der Waals surface area contributed by atoms with Crippen LogP contribution >= 0.6 is 11.6 Å². The average molecular weight is 196 g/mol. The molecule has 66 valence electrons. The summed E-state index contributed by atoms with van der Waals surface area (Å²) in [4.78, 5) is 11.2. The van der Waals surface area contributed by atoms with Crippen LogP contribution in [0.5, 0.6) is 0 Å². The fourth-order valence-electron chi connectivity index (χ4n) is 0.776. The van der Waals surface area contributed by atoms with Gasteiger partial charge in [0.15, 0.2) is 5.78 Å². The van der Waals surface area contributed by atoms with Crippen LogP contribution < -0.4 is 5.22 Å². The van der Waals surface area contributed by atoms with Gasteiger partial charge in [0.25, 0.3) is 0 Å². The molecule has 0 atom stereocenters. The van der Waals surface area contributed by atoms with E-state index in [2.05, 4.69) is 5.10 Å². The van der Waals surface area contributed by atoms with Crippen molar-refractivity contribution in [2.24, 2.45) is 5.10 Å². The van der Waals surface area contributed by atoms with Gasteiger partial charge in [0.1, 0.15) is 0 Å². The molecule has 0 radical (unpaired) electrons. The molecule has 1 rings (SSSR count). The van der Waals surface area contributed by atoms with Gasteiger partial charge in [-0.3, -0.25) is 4.79 Å². The zero-order valence-corrected chi connectivity index (χ0v) is 7.32. The first kappa shape index (κ1) is 9.54. The Morgan fingerprint density at radius 1 is 1.46 bits per heavy atom. The van der Waals surface area contributed by atoms with E-state index in [0.29, 0.717) is 10.6 Å². The van der Waals surface area contributed by atoms with Gasteiger partial charge in [0.2, 0.25) is 0 Å². The first-order chi connectivity index (χ1) is 6.24. The molecule has 5 heteroatoms. The van der Waals surface area contributed by atoms with Gasteiger partial charge in [0.05, 0.1) is 0 Å². The van der Waals surface area contributed by atoms with Crippen molar-refractivity contribution in [2.75, 3.05) is 0 Å². The predicted octanol–water partition coefficient (Wildman–Crippen LogP) is 0.611. The van der Waals surface area contributed by atoms with Crippen molar-refractivity contribution in [3.63, 3.8) is 0 Å². The molecule has 1 aromatic carbocycles. The van der Waals surface area contributed by atoms with Crippen molar-refractivity contribution in [1.29, 1.82) is 0 Å². The molecule has 0 aliphatic rings. The maximum Gasteiger partial charge on any atom is 0.187 e. The van der Waals surface area contributed by atoms with Gasteiger partial charge in [-0.1, -0.05) is 11.6 Å². The van der Waals surface area contributed by atoms with Crippen LogP contribution in [0.2, 0.25) is 5.02 Å². The smallest absolute Gasteiger partial charge is 0.187 e. The van der Waals surface area contributed by atoms with Crippen LogP contribution in [0.25, 0.3) is 5.53 Å². The summed E-state index contributed by atoms with van der Waals surface area (Å²) in [5, 5.41) is 5.23. The highest BCUT2D eigenvalue weighted by atomic mass is 35.5. The van der Waals surface area contributed by atoms with Crippen LogP contribution in [0.4, 0.5) is 0 Å². The molecule has 0 spiro atoms. The monoisotopic (exact) mass is 195 g/mol. The van der Waals surface area contributed by atoms with Gasteiger partial charge in [0, 0.05) is 16.8 Å². The minimum atomic E-state index is -0.307. The summed E-state index contributed by atoms with van der Waals surface area (Å²) in [6, 6.07) is 6.37. The molecular weight excluding hydrogens is 190 g/mol. The summed E-state index contributed by atoms with van der Waals surface area (Å²) in [6.45, 7) is 0. The maximum absolute atomic E-state index is 11.2. The average Bonchev–Trinajstić information content (AvgIpc) is 2.15. The molecule has 0 heterocycles. The van der Waals surface area contributed by atoms with Gasteiger partial charge in [-0.25, -0.2) is 0 Å². The highest BCUT2D eigenvalue weighted by Gasteiger charge is 1.99. The van der Waals surface area contributed by atoms with Crippen LogP contribution in [0, 0.1) is 0 Å². The van der Waals surface area contributed by atoms with E-state index in [1.807, 2.05) is 0 Å². The number of hydrogen-bond donors (Lipinski definition) is 1. The van der Waals surface area contributed by atoms with Gasteiger partial charge in [-0.2, -0.15) is 15.9 Å². The SMILES string of the molecule is [N-]=[NH+]N=CC(=O)c1ccc(Cl)cc1. The molecule has 1 aromatic rings. The number of rotatable bonds is 3. The third-order valence-electron chi connectivity index (χ3n) is 1.37. The summed E-state index contributed by atoms with van der Waals surface area (Å²) in [5.41, 5.74) is 8.55. The molecule has 0 bridgehead atoms. The molecule has 1 N–H and O–H groups in total. The molecule has 4 nitrogen and oxygen atoms in total. The van der Waals surface area contributed by atoms with Gasteiger partial charge in [-0.05, 0) is 24.3 Å². The Balaban J connectivity index is 2.83. The van der Waals surface area contributed by atoms with E-state index in [1.54, 1.807) is 24.3 Å². The van der Waals surface area contributed by atoms with Crippen molar-refractivity contribution in [3.8, 4) is 0 Å². The second-order valence-electron chi connectivity index (χ2n) is 2.23. The van der Waals surface area contributed by atoms with Crippen LogP contribution in [0.1, 0.15) is 10.4 Å². The number of Topliss-reactive ketones (excluding diaryl/α,β-unsaturated/α-hetero) is 1. The minimum Gasteiger partial charge on any atom is -0.289 e. The quantitative estimate of drug-likeness (QED) is 0.327. The lowest BCUT2D eigenvalue weighted by molar-refractivity contribution is -0.485. The molecule has 0 saturated heterocycles. The summed E-state index contributed by atoms with van der Waals surface area (Å²) in [6.07, 6.45) is 0.975. The maximum atomic E-state index is 11.2. The number of ketones is 1. The Morgan fingerprint density at radius 2 is 2.08 bits per heavy atom. The molecule has 0 aromatic heterocycles. The lowest BCUT2D eigenvalue weighted by Crippen LogP contribution is -2.54. The van der Waals surface area contributed by atoms with Crippen LogP contribution in [0.3, 0.4) is 0 Å². The number of hydrogen-bond acceptors (Lipinski definition) is 1. The summed E-state index contributed by atoms with van der Waals surface area (Å²) < 4.78 is 0. The first-order valence-corrected chi connectivity index (χ1v) is 3.84. The van der Waals surface area contributed by atoms with E-state index in [9.17, 15) is 4.79 Å². The van der Waals surface area contributed by atoms with Crippen molar-refractivity contribution in [3.05, 3.63) is 40.4 Å². The van der Waals surface area contributed by atoms with E-state index in [0.717, 1.165) is 6.21 Å². The fourth-order valence-corrected chi connectivity index (χ4v) is 0.902. The van der Waals surface area contributed by atoms with Crippen LogP contribution in [-0.2, 0) is 0 Å². The van der Waals surface area contributed by atoms with E-state index in [4.69, 9.17) is 17.1 Å². The predicted molar refractivity (Wildman–Crippen MR) is 48.6 cm³/mol. The van der Waals surface area contributed by atoms with E-state index in [-0.39, 0.29) is 5.78 Å². The normalized spacial score (nSPS) is 10.2. The Bertz CT molecular complexity index is 345. The number of carbonyl (C=O) groups excluding carboxylic acids is 1. The molecule has 0 saturated carbocycles. The lowest BCUT2D eigenvalue weighted by atomic mass is 10.1. The number of carbonyl (C=O) groups is 1. The standard InChI is InChI=1S/C8H6ClN3O/c9-7-3-1-6(2-4-7)8(13)5-11-12-10/h1-5,12H. The number of nitrogens with one attached hydrogen (secondary N) is 1. The Labute approximate surface area is 79.7 Å². The summed E-state index contributed by atoms with van der Waals surface area (Å²) in [7, 11) is 0. The minimum absolute atomic E-state index is 0.307. The first-order valence-electron chi connectivity index (χ1n) is 3.46. The second-order valence-corrected chi connectivity index (χ2v) is 2.67. The van der Waals surface area contributed by atoms with Crippen LogP contribution in [-0.4, -0.2) is 12.0 Å². The Hall–Kier alpha value is -1.55. The number of nitrogens with zero attached hydrogens (tertiary/aromatic N) is 2. The highest BCUT2D eigenvalue weighted by molar-refractivity contribution is 6.35. The van der Waals surface area contributed by atoms with Gasteiger partial charge >= 0.3 is 0 Å². The highest BCUT2D eigenvalue weighted by Crippen LogP contribution is 2.09. The molecule has 0 aliphatic heterocycles. The van der Waals surface area contributed by atoms with Gasteiger partial charge in [-0.15, -0.1) is 0 Å². The molecule has 0 unspecified atom stereocenters. The largest absolute Gasteiger partial charge is 0.289 e. The molecule has 13 heavy (non-hydrogen) atoms. The molecule has 0 amide bonds. The number of hydrazone groups is 1. The topological polar surface area (TPSA) is 65.7 Å². The van der Waals surface area contributed by atoms with E-state index in [1.165, 1.54) is 5.22 Å². The Kier molecular flexibility index (Phi) is 3.28. The summed E-state index contributed by atoms with van der Waals surface area (Å²) in [5.74, 6) is -0.307. The Morgan fingerprint density at radius 3 is 2.62 bits per heavy atom. The third kappa shape index (κ3) is 2.76.